The number of amides is 1. The third-order valence-electron chi connectivity index (χ3n) is 8.68. The monoisotopic (exact) mass is 607 g/mol. The van der Waals surface area contributed by atoms with Crippen LogP contribution in [0, 0.1) is 0 Å². The molecule has 1 aromatic heterocycles. The molecule has 2 aromatic rings. The second-order valence-corrected chi connectivity index (χ2v) is 11.1. The molecule has 2 aliphatic carbocycles. The zero-order chi connectivity index (χ0) is 31.2. The molecule has 1 spiro atoms. The predicted octanol–water partition coefficient (Wildman–Crippen LogP) is 0.760. The molecule has 6 rings (SSSR count). The molecule has 3 heterocycles. The van der Waals surface area contributed by atoms with E-state index < -0.39 is 41.6 Å². The van der Waals surface area contributed by atoms with Crippen molar-refractivity contribution in [3.63, 3.8) is 0 Å². The van der Waals surface area contributed by atoms with Gasteiger partial charge in [0, 0.05) is 49.3 Å². The number of halogens is 3. The predicted molar refractivity (Wildman–Crippen MR) is 143 cm³/mol. The number of aromatic amines is 1. The van der Waals surface area contributed by atoms with Crippen molar-refractivity contribution in [2.45, 2.75) is 67.5 Å². The number of ether oxygens (including phenoxy) is 2. The van der Waals surface area contributed by atoms with E-state index >= 15 is 0 Å². The highest BCUT2D eigenvalue weighted by molar-refractivity contribution is 5.85. The summed E-state index contributed by atoms with van der Waals surface area (Å²) in [5, 5.41) is 25.6. The molecule has 12 nitrogen and oxygen atoms in total. The number of hydrogen-bond donors (Lipinski definition) is 5. The van der Waals surface area contributed by atoms with E-state index in [9.17, 15) is 33.0 Å². The number of likely N-dealkylation sites (N-methyl/N-ethyl adjacent to an activating group) is 1. The number of nitrogens with two attached hydrogens (primary N) is 1. The van der Waals surface area contributed by atoms with Crippen molar-refractivity contribution in [3.8, 4) is 11.5 Å². The van der Waals surface area contributed by atoms with Crippen LogP contribution in [0.1, 0.15) is 36.1 Å². The smallest absolute Gasteiger partial charge is 0.446 e. The molecule has 43 heavy (non-hydrogen) atoms. The Labute approximate surface area is 244 Å². The molecule has 1 amide bonds. The lowest BCUT2D eigenvalue weighted by atomic mass is 9.50. The van der Waals surface area contributed by atoms with Gasteiger partial charge in [-0.3, -0.25) is 9.59 Å². The number of H-pyrrole nitrogens is 1. The van der Waals surface area contributed by atoms with E-state index in [4.69, 9.17) is 20.0 Å². The van der Waals surface area contributed by atoms with Gasteiger partial charge in [0.1, 0.15) is 11.8 Å². The summed E-state index contributed by atoms with van der Waals surface area (Å²) >= 11 is 0. The first-order valence-corrected chi connectivity index (χ1v) is 13.7. The molecule has 6 N–H and O–H groups in total. The van der Waals surface area contributed by atoms with Crippen LogP contribution in [0.5, 0.6) is 11.5 Å². The van der Waals surface area contributed by atoms with Crippen LogP contribution in [0.3, 0.4) is 0 Å². The largest absolute Gasteiger partial charge is 0.504 e. The van der Waals surface area contributed by atoms with Crippen molar-refractivity contribution in [1.82, 2.24) is 20.2 Å². The Morgan fingerprint density at radius 2 is 2.14 bits per heavy atom. The summed E-state index contributed by atoms with van der Waals surface area (Å²) in [6, 6.07) is 2.38. The molecule has 2 aliphatic heterocycles. The SMILES string of the molecule is CN1CC[C@]23c4c5ccc(O)c4O[C@H]2C(OC(=O)[C@H](Cc2cnc[nH]2)NC(=O)CCN)=CC[C@@]3(O)[C@H]1C5.O=CC(F)(F)F. The summed E-state index contributed by atoms with van der Waals surface area (Å²) in [7, 11) is 2.01. The lowest BCUT2D eigenvalue weighted by molar-refractivity contribution is -0.170. The number of piperidine rings is 1. The van der Waals surface area contributed by atoms with Crippen LogP contribution >= 0.6 is 0 Å². The zero-order valence-electron chi connectivity index (χ0n) is 23.2. The van der Waals surface area contributed by atoms with Crippen LogP contribution in [0.15, 0.2) is 36.5 Å². The molecule has 0 radical (unpaired) electrons. The van der Waals surface area contributed by atoms with Crippen molar-refractivity contribution < 1.29 is 47.2 Å². The molecule has 2 bridgehead atoms. The van der Waals surface area contributed by atoms with E-state index in [1.54, 1.807) is 18.3 Å². The maximum absolute atomic E-state index is 13.5. The van der Waals surface area contributed by atoms with Gasteiger partial charge in [-0.25, -0.2) is 9.78 Å². The molecular weight excluding hydrogens is 575 g/mol. The number of carbonyl (C=O) groups is 3. The fraction of sp³-hybridized carbons (Fsp3) is 0.500. The number of imidazole rings is 1. The minimum absolute atomic E-state index is 0.000834. The van der Waals surface area contributed by atoms with Crippen LogP contribution in [-0.4, -0.2) is 93.3 Å². The Morgan fingerprint density at radius 1 is 1.40 bits per heavy atom. The normalized spacial score (nSPS) is 27.4. The van der Waals surface area contributed by atoms with Crippen LogP contribution < -0.4 is 15.8 Å². The molecule has 1 saturated heterocycles. The number of benzene rings is 1. The van der Waals surface area contributed by atoms with Crippen LogP contribution in [0.25, 0.3) is 0 Å². The first-order chi connectivity index (χ1) is 20.3. The highest BCUT2D eigenvalue weighted by Gasteiger charge is 2.72. The first kappa shape index (κ1) is 30.5. The van der Waals surface area contributed by atoms with Crippen LogP contribution in [-0.2, 0) is 37.4 Å². The van der Waals surface area contributed by atoms with Gasteiger partial charge >= 0.3 is 12.1 Å². The summed E-state index contributed by atoms with van der Waals surface area (Å²) < 4.78 is 43.5. The van der Waals surface area contributed by atoms with Gasteiger partial charge in [-0.05, 0) is 44.1 Å². The molecule has 1 aromatic carbocycles. The first-order valence-electron chi connectivity index (χ1n) is 13.7. The van der Waals surface area contributed by atoms with Crippen molar-refractivity contribution in [2.75, 3.05) is 20.1 Å². The lowest BCUT2D eigenvalue weighted by Crippen LogP contribution is -2.74. The quantitative estimate of drug-likeness (QED) is 0.223. The number of aromatic hydroxyl groups is 1. The maximum Gasteiger partial charge on any atom is 0.446 e. The number of hydrogen-bond acceptors (Lipinski definition) is 10. The van der Waals surface area contributed by atoms with Crippen molar-refractivity contribution in [1.29, 1.82) is 0 Å². The number of carbonyl (C=O) groups excluding carboxylic acids is 3. The molecule has 0 saturated carbocycles. The summed E-state index contributed by atoms with van der Waals surface area (Å²) in [4.78, 5) is 43.6. The summed E-state index contributed by atoms with van der Waals surface area (Å²) in [6.07, 6.45) is 0.00498. The maximum atomic E-state index is 13.5. The standard InChI is InChI=1S/C26H31N5O6.C2HF3O/c1-31-9-7-25-21-14-2-3-17(32)22(21)37-23(25)18(4-6-26(25,35)19(31)10-14)36-24(34)16(30-20(33)5-8-27)11-15-12-28-13-29-15;3-2(4,5)1-6/h2-4,12-13,16,19,23,32,35H,5-11,27H2,1H3,(H,28,29)(H,30,33);1H/t16-,19+,23-,25-,26+;/m0./s1. The number of aldehydes is 1. The molecular formula is C28H32F3N5O7. The zero-order valence-corrected chi connectivity index (χ0v) is 23.2. The van der Waals surface area contributed by atoms with E-state index in [-0.39, 0.29) is 49.3 Å². The van der Waals surface area contributed by atoms with Crippen molar-refractivity contribution in [2.24, 2.45) is 5.73 Å². The highest BCUT2D eigenvalue weighted by atomic mass is 19.4. The molecule has 1 fully saturated rings. The minimum atomic E-state index is -4.64. The van der Waals surface area contributed by atoms with Gasteiger partial charge in [0.15, 0.2) is 17.6 Å². The van der Waals surface area contributed by atoms with Gasteiger partial charge in [0.2, 0.25) is 12.2 Å². The number of aromatic nitrogens is 2. The Bertz CT molecular complexity index is 1430. The van der Waals surface area contributed by atoms with E-state index in [2.05, 4.69) is 20.2 Å². The molecule has 232 valence electrons. The van der Waals surface area contributed by atoms with E-state index in [1.807, 2.05) is 13.1 Å². The highest BCUT2D eigenvalue weighted by Crippen LogP contribution is 2.65. The Kier molecular flexibility index (Phi) is 8.00. The van der Waals surface area contributed by atoms with Gasteiger partial charge in [-0.1, -0.05) is 6.07 Å². The Morgan fingerprint density at radius 3 is 2.79 bits per heavy atom. The fourth-order valence-electron chi connectivity index (χ4n) is 6.83. The molecule has 15 heteroatoms. The number of rotatable bonds is 7. The molecule has 5 atom stereocenters. The average Bonchev–Trinajstić information content (AvgIpc) is 3.59. The van der Waals surface area contributed by atoms with E-state index in [0.717, 1.165) is 17.7 Å². The van der Waals surface area contributed by atoms with E-state index in [0.29, 0.717) is 24.3 Å². The number of nitrogens with one attached hydrogen (secondary N) is 2. The van der Waals surface area contributed by atoms with Gasteiger partial charge in [0.05, 0.1) is 17.3 Å². The third-order valence-corrected chi connectivity index (χ3v) is 8.68. The number of aliphatic hydroxyl groups is 1. The topological polar surface area (TPSA) is 180 Å². The summed E-state index contributed by atoms with van der Waals surface area (Å²) in [5.41, 5.74) is 5.99. The van der Waals surface area contributed by atoms with Crippen molar-refractivity contribution >= 4 is 18.2 Å². The number of nitrogens with zero attached hydrogens (tertiary/aromatic N) is 2. The second kappa shape index (κ2) is 11.3. The fourth-order valence-corrected chi connectivity index (χ4v) is 6.83. The number of likely N-dealkylation sites (tertiary alicyclic amines) is 1. The Hall–Kier alpha value is -3.95. The van der Waals surface area contributed by atoms with Gasteiger partial charge in [-0.2, -0.15) is 13.2 Å². The van der Waals surface area contributed by atoms with Crippen LogP contribution in [0.4, 0.5) is 13.2 Å². The lowest BCUT2D eigenvalue weighted by Gasteiger charge is -2.61. The van der Waals surface area contributed by atoms with Crippen molar-refractivity contribution in [3.05, 3.63) is 53.3 Å². The average molecular weight is 608 g/mol. The minimum Gasteiger partial charge on any atom is -0.504 e. The van der Waals surface area contributed by atoms with Crippen LogP contribution in [0.2, 0.25) is 0 Å². The third kappa shape index (κ3) is 5.25. The summed E-state index contributed by atoms with van der Waals surface area (Å²) in [5.74, 6) is -0.391. The van der Waals surface area contributed by atoms with Gasteiger partial charge in [-0.15, -0.1) is 0 Å². The molecule has 0 unspecified atom stereocenters. The van der Waals surface area contributed by atoms with Gasteiger partial charge < -0.3 is 40.6 Å². The number of phenolic OH excluding ortho intramolecular Hbond substituents is 1. The molecule has 4 aliphatic rings. The Balaban J connectivity index is 0.000000559. The number of alkyl halides is 3. The van der Waals surface area contributed by atoms with Gasteiger partial charge in [0.25, 0.3) is 0 Å². The number of phenols is 1. The van der Waals surface area contributed by atoms with E-state index in [1.165, 1.54) is 6.33 Å². The second-order valence-electron chi connectivity index (χ2n) is 11.1. The number of esters is 1. The summed E-state index contributed by atoms with van der Waals surface area (Å²) in [6.45, 7) is 0.875.